The summed E-state index contributed by atoms with van der Waals surface area (Å²) in [6, 6.07) is 5.23. The Hall–Kier alpha value is -1.18. The highest BCUT2D eigenvalue weighted by Crippen LogP contribution is 2.28. The van der Waals surface area contributed by atoms with E-state index in [-0.39, 0.29) is 5.82 Å². The molecule has 0 saturated heterocycles. The van der Waals surface area contributed by atoms with Crippen LogP contribution in [-0.4, -0.2) is 6.29 Å². The number of hydrogen-bond donors (Lipinski definition) is 0. The van der Waals surface area contributed by atoms with Gasteiger partial charge >= 0.3 is 0 Å². The van der Waals surface area contributed by atoms with Crippen LogP contribution in [0.15, 0.2) is 18.2 Å². The monoisotopic (exact) mass is 192 g/mol. The SMILES string of the molecule is O=CCC1CCc2c(F)cccc2C1. The van der Waals surface area contributed by atoms with Gasteiger partial charge in [0.1, 0.15) is 12.1 Å². The number of rotatable bonds is 2. The lowest BCUT2D eigenvalue weighted by molar-refractivity contribution is -0.108. The molecular formula is C12H13FO. The maximum absolute atomic E-state index is 13.3. The Morgan fingerprint density at radius 2 is 2.36 bits per heavy atom. The predicted octanol–water partition coefficient (Wildman–Crippen LogP) is 2.52. The number of aldehydes is 1. The van der Waals surface area contributed by atoms with Crippen molar-refractivity contribution in [2.45, 2.75) is 25.7 Å². The van der Waals surface area contributed by atoms with Crippen LogP contribution in [0, 0.1) is 11.7 Å². The molecule has 1 nitrogen and oxygen atoms in total. The molecule has 0 bridgehead atoms. The van der Waals surface area contributed by atoms with E-state index in [1.165, 1.54) is 6.07 Å². The van der Waals surface area contributed by atoms with Crippen LogP contribution < -0.4 is 0 Å². The average molecular weight is 192 g/mol. The molecule has 1 aromatic carbocycles. The van der Waals surface area contributed by atoms with Gasteiger partial charge in [0.15, 0.2) is 0 Å². The number of fused-ring (bicyclic) bond motifs is 1. The Kier molecular flexibility index (Phi) is 2.62. The van der Waals surface area contributed by atoms with Crippen LogP contribution in [-0.2, 0) is 17.6 Å². The van der Waals surface area contributed by atoms with Crippen LogP contribution in [0.5, 0.6) is 0 Å². The Balaban J connectivity index is 2.22. The summed E-state index contributed by atoms with van der Waals surface area (Å²) >= 11 is 0. The summed E-state index contributed by atoms with van der Waals surface area (Å²) in [5.74, 6) is 0.328. The highest BCUT2D eigenvalue weighted by atomic mass is 19.1. The van der Waals surface area contributed by atoms with E-state index in [1.807, 2.05) is 6.07 Å². The molecule has 2 heteroatoms. The number of benzene rings is 1. The summed E-state index contributed by atoms with van der Waals surface area (Å²) in [7, 11) is 0. The lowest BCUT2D eigenvalue weighted by Gasteiger charge is -2.23. The molecule has 1 atom stereocenters. The van der Waals surface area contributed by atoms with Crippen molar-refractivity contribution in [2.24, 2.45) is 5.92 Å². The molecule has 0 spiro atoms. The van der Waals surface area contributed by atoms with E-state index in [4.69, 9.17) is 0 Å². The summed E-state index contributed by atoms with van der Waals surface area (Å²) in [6.45, 7) is 0. The van der Waals surface area contributed by atoms with Crippen LogP contribution >= 0.6 is 0 Å². The van der Waals surface area contributed by atoms with Crippen LogP contribution in [0.25, 0.3) is 0 Å². The van der Waals surface area contributed by atoms with Crippen molar-refractivity contribution >= 4 is 6.29 Å². The molecule has 0 aliphatic heterocycles. The molecule has 1 aliphatic rings. The highest BCUT2D eigenvalue weighted by molar-refractivity contribution is 5.50. The molecule has 74 valence electrons. The molecule has 1 aromatic rings. The van der Waals surface area contributed by atoms with Gasteiger partial charge in [0.2, 0.25) is 0 Å². The molecule has 1 unspecified atom stereocenters. The first-order valence-corrected chi connectivity index (χ1v) is 5.01. The summed E-state index contributed by atoms with van der Waals surface area (Å²) < 4.78 is 13.3. The fourth-order valence-electron chi connectivity index (χ4n) is 2.17. The minimum atomic E-state index is -0.0907. The third-order valence-corrected chi connectivity index (χ3v) is 2.96. The molecule has 0 N–H and O–H groups in total. The normalized spacial score (nSPS) is 20.2. The molecule has 0 amide bonds. The van der Waals surface area contributed by atoms with Gasteiger partial charge in [0.05, 0.1) is 0 Å². The number of carbonyl (C=O) groups is 1. The fourth-order valence-corrected chi connectivity index (χ4v) is 2.17. The van der Waals surface area contributed by atoms with Gasteiger partial charge in [0.25, 0.3) is 0 Å². The highest BCUT2D eigenvalue weighted by Gasteiger charge is 2.20. The van der Waals surface area contributed by atoms with E-state index >= 15 is 0 Å². The Morgan fingerprint density at radius 1 is 1.50 bits per heavy atom. The lowest BCUT2D eigenvalue weighted by atomic mass is 9.82. The minimum Gasteiger partial charge on any atom is -0.303 e. The predicted molar refractivity (Wildman–Crippen MR) is 52.6 cm³/mol. The molecule has 0 fully saturated rings. The first kappa shape index (κ1) is 9.38. The van der Waals surface area contributed by atoms with Gasteiger partial charge in [0, 0.05) is 6.42 Å². The van der Waals surface area contributed by atoms with Gasteiger partial charge in [-0.25, -0.2) is 4.39 Å². The van der Waals surface area contributed by atoms with Gasteiger partial charge in [-0.1, -0.05) is 12.1 Å². The van der Waals surface area contributed by atoms with E-state index in [0.29, 0.717) is 12.3 Å². The van der Waals surface area contributed by atoms with E-state index in [2.05, 4.69) is 0 Å². The summed E-state index contributed by atoms with van der Waals surface area (Å²) in [5.41, 5.74) is 1.94. The Morgan fingerprint density at radius 3 is 3.14 bits per heavy atom. The van der Waals surface area contributed by atoms with Crippen molar-refractivity contribution in [3.05, 3.63) is 35.1 Å². The van der Waals surface area contributed by atoms with Crippen LogP contribution in [0.1, 0.15) is 24.0 Å². The second kappa shape index (κ2) is 3.91. The van der Waals surface area contributed by atoms with E-state index < -0.39 is 0 Å². The van der Waals surface area contributed by atoms with Crippen molar-refractivity contribution in [1.82, 2.24) is 0 Å². The van der Waals surface area contributed by atoms with E-state index in [9.17, 15) is 9.18 Å². The lowest BCUT2D eigenvalue weighted by Crippen LogP contribution is -2.15. The molecule has 1 aliphatic carbocycles. The van der Waals surface area contributed by atoms with Crippen LogP contribution in [0.2, 0.25) is 0 Å². The Bertz CT molecular complexity index is 346. The van der Waals surface area contributed by atoms with E-state index in [1.54, 1.807) is 6.07 Å². The molecular weight excluding hydrogens is 179 g/mol. The second-order valence-electron chi connectivity index (χ2n) is 3.89. The zero-order valence-corrected chi connectivity index (χ0v) is 8.00. The van der Waals surface area contributed by atoms with Crippen molar-refractivity contribution in [1.29, 1.82) is 0 Å². The van der Waals surface area contributed by atoms with Gasteiger partial charge in [-0.3, -0.25) is 0 Å². The van der Waals surface area contributed by atoms with Crippen molar-refractivity contribution in [3.63, 3.8) is 0 Å². The third kappa shape index (κ3) is 1.69. The maximum Gasteiger partial charge on any atom is 0.126 e. The number of halogens is 1. The molecule has 2 rings (SSSR count). The maximum atomic E-state index is 13.3. The number of hydrogen-bond acceptors (Lipinski definition) is 1. The molecule has 0 radical (unpaired) electrons. The van der Waals surface area contributed by atoms with Gasteiger partial charge in [-0.05, 0) is 42.4 Å². The van der Waals surface area contributed by atoms with E-state index in [0.717, 1.165) is 36.7 Å². The minimum absolute atomic E-state index is 0.0907. The van der Waals surface area contributed by atoms with Crippen molar-refractivity contribution < 1.29 is 9.18 Å². The van der Waals surface area contributed by atoms with Gasteiger partial charge < -0.3 is 4.79 Å². The quantitative estimate of drug-likeness (QED) is 0.658. The van der Waals surface area contributed by atoms with Crippen molar-refractivity contribution in [2.75, 3.05) is 0 Å². The third-order valence-electron chi connectivity index (χ3n) is 2.96. The second-order valence-corrected chi connectivity index (χ2v) is 3.89. The van der Waals surface area contributed by atoms with Gasteiger partial charge in [-0.2, -0.15) is 0 Å². The zero-order chi connectivity index (χ0) is 9.97. The van der Waals surface area contributed by atoms with Gasteiger partial charge in [-0.15, -0.1) is 0 Å². The topological polar surface area (TPSA) is 17.1 Å². The first-order valence-electron chi connectivity index (χ1n) is 5.01. The standard InChI is InChI=1S/C12H13FO/c13-12-3-1-2-10-8-9(6-7-14)4-5-11(10)12/h1-3,7,9H,4-6,8H2. The largest absolute Gasteiger partial charge is 0.303 e. The smallest absolute Gasteiger partial charge is 0.126 e. The molecule has 0 saturated carbocycles. The zero-order valence-electron chi connectivity index (χ0n) is 8.00. The van der Waals surface area contributed by atoms with Crippen LogP contribution in [0.3, 0.4) is 0 Å². The number of carbonyl (C=O) groups excluding carboxylic acids is 1. The molecule has 0 aromatic heterocycles. The van der Waals surface area contributed by atoms with Crippen LogP contribution in [0.4, 0.5) is 4.39 Å². The Labute approximate surface area is 82.9 Å². The summed E-state index contributed by atoms with van der Waals surface area (Å²) in [4.78, 5) is 10.4. The fraction of sp³-hybridized carbons (Fsp3) is 0.417. The summed E-state index contributed by atoms with van der Waals surface area (Å²) in [5, 5.41) is 0. The first-order chi connectivity index (χ1) is 6.81. The summed E-state index contributed by atoms with van der Waals surface area (Å²) in [6.07, 6.45) is 4.14. The van der Waals surface area contributed by atoms with Crippen molar-refractivity contribution in [3.8, 4) is 0 Å². The molecule has 14 heavy (non-hydrogen) atoms. The molecule has 0 heterocycles. The average Bonchev–Trinajstić information content (AvgIpc) is 2.18.